The highest BCUT2D eigenvalue weighted by Gasteiger charge is 2.28. The van der Waals surface area contributed by atoms with Crippen molar-refractivity contribution in [1.82, 2.24) is 0 Å². The van der Waals surface area contributed by atoms with E-state index in [1.165, 1.54) is 5.56 Å². The quantitative estimate of drug-likeness (QED) is 0.128. The number of aryl methyl sites for hydroxylation is 1. The van der Waals surface area contributed by atoms with Crippen LogP contribution in [0.5, 0.6) is 0 Å². The maximum absolute atomic E-state index is 7.28. The van der Waals surface area contributed by atoms with Gasteiger partial charge in [-0.1, -0.05) is 195 Å². The Labute approximate surface area is 439 Å². The number of benzene rings is 11. The van der Waals surface area contributed by atoms with Crippen molar-refractivity contribution in [3.63, 3.8) is 0 Å². The van der Waals surface area contributed by atoms with E-state index in [1.54, 1.807) is 0 Å². The van der Waals surface area contributed by atoms with Gasteiger partial charge in [-0.2, -0.15) is 0 Å². The molecule has 14 aromatic rings. The van der Waals surface area contributed by atoms with Gasteiger partial charge in [0.25, 0.3) is 0 Å². The van der Waals surface area contributed by atoms with E-state index >= 15 is 0 Å². The van der Waals surface area contributed by atoms with E-state index in [2.05, 4.69) is 262 Å². The Morgan fingerprint density at radius 2 is 0.868 bits per heavy atom. The molecule has 0 amide bonds. The predicted molar refractivity (Wildman–Crippen MR) is 320 cm³/mol. The summed E-state index contributed by atoms with van der Waals surface area (Å²) in [6.07, 6.45) is 5.88. The Morgan fingerprint density at radius 3 is 1.51 bits per heavy atom. The fourth-order valence-corrected chi connectivity index (χ4v) is 11.7. The van der Waals surface area contributed by atoms with Crippen molar-refractivity contribution in [3.05, 3.63) is 260 Å². The van der Waals surface area contributed by atoms with E-state index in [1.807, 2.05) is 12.2 Å². The molecule has 0 spiro atoms. The van der Waals surface area contributed by atoms with Crippen LogP contribution in [0.4, 0.5) is 34.1 Å². The number of furan rings is 3. The van der Waals surface area contributed by atoms with Crippen molar-refractivity contribution in [2.45, 2.75) is 20.8 Å². The lowest BCUT2D eigenvalue weighted by Crippen LogP contribution is -2.11. The molecule has 0 atom stereocenters. The zero-order valence-electron chi connectivity index (χ0n) is 42.3. The second-order valence-corrected chi connectivity index (χ2v) is 19.7. The lowest BCUT2D eigenvalue weighted by atomic mass is 9.97. The Balaban J connectivity index is 1.02. The van der Waals surface area contributed by atoms with E-state index < -0.39 is 0 Å². The molecule has 3 aromatic heterocycles. The molecule has 5 nitrogen and oxygen atoms in total. The van der Waals surface area contributed by atoms with Gasteiger partial charge in [-0.05, 0) is 90.9 Å². The van der Waals surface area contributed by atoms with Crippen LogP contribution in [0.1, 0.15) is 25.0 Å². The molecule has 0 fully saturated rings. The van der Waals surface area contributed by atoms with Crippen LogP contribution in [-0.2, 0) is 0 Å². The van der Waals surface area contributed by atoms with Crippen LogP contribution in [0, 0.1) is 6.92 Å². The van der Waals surface area contributed by atoms with Crippen molar-refractivity contribution in [1.29, 1.82) is 0 Å². The van der Waals surface area contributed by atoms with Gasteiger partial charge < -0.3 is 23.1 Å². The first kappa shape index (κ1) is 44.8. The molecule has 0 saturated carbocycles. The zero-order chi connectivity index (χ0) is 51.0. The third-order valence-electron chi connectivity index (χ3n) is 15.4. The number of anilines is 6. The van der Waals surface area contributed by atoms with Gasteiger partial charge in [-0.25, -0.2) is 0 Å². The summed E-state index contributed by atoms with van der Waals surface area (Å²) in [4.78, 5) is 4.70. The van der Waals surface area contributed by atoms with E-state index in [9.17, 15) is 0 Å². The Bertz CT molecular complexity index is 4700. The smallest absolute Gasteiger partial charge is 0.159 e. The fraction of sp³-hybridized carbons (Fsp3) is 0.0423. The van der Waals surface area contributed by atoms with Crippen LogP contribution in [-0.4, -0.2) is 0 Å². The number of para-hydroxylation sites is 6. The summed E-state index contributed by atoms with van der Waals surface area (Å²) in [5, 5.41) is 10.5. The lowest BCUT2D eigenvalue weighted by molar-refractivity contribution is 0.667. The second-order valence-electron chi connectivity index (χ2n) is 19.7. The van der Waals surface area contributed by atoms with Gasteiger partial charge in [0.05, 0.1) is 22.7 Å². The predicted octanol–water partition coefficient (Wildman–Crippen LogP) is 21.1. The average Bonchev–Trinajstić information content (AvgIpc) is 4.18. The van der Waals surface area contributed by atoms with Gasteiger partial charge in [0.2, 0.25) is 0 Å². The largest absolute Gasteiger partial charge is 0.455 e. The van der Waals surface area contributed by atoms with Gasteiger partial charge in [0.1, 0.15) is 22.3 Å². The molecule has 3 heterocycles. The molecule has 0 saturated heterocycles. The Morgan fingerprint density at radius 1 is 0.395 bits per heavy atom. The van der Waals surface area contributed by atoms with Crippen molar-refractivity contribution < 1.29 is 13.3 Å². The van der Waals surface area contributed by atoms with E-state index in [0.29, 0.717) is 0 Å². The standard InChI is InChI=1S/C71H50N2O3/c1-5-6-23-44(2)46(4)50-34-19-36-56-58-38-21-40-61(70(58)75-67(50)56)72(47-25-9-7-10-26-47)63-42-60-66-53-32-17-15-30-51(53)64(43-65(66)74-69(60)55-33-18-16-31-52(55)63)73(48-27-11-8-12-28-48)62-41-22-39-59-57-37-20-35-54(68(57)76-71(59)62)49-29-14-13-24-45(49)3/h5-43H,1H2,2-4H3/b23-6-,46-44+. The summed E-state index contributed by atoms with van der Waals surface area (Å²) in [6, 6.07) is 77.5. The average molecular weight is 979 g/mol. The van der Waals surface area contributed by atoms with Gasteiger partial charge in [-0.3, -0.25) is 0 Å². The normalized spacial score (nSPS) is 12.4. The van der Waals surface area contributed by atoms with Crippen molar-refractivity contribution in [2.75, 3.05) is 9.80 Å². The Hall–Kier alpha value is -9.84. The summed E-state index contributed by atoms with van der Waals surface area (Å²) < 4.78 is 21.6. The molecule has 0 aliphatic rings. The first-order chi connectivity index (χ1) is 37.4. The van der Waals surface area contributed by atoms with Crippen LogP contribution in [0.3, 0.4) is 0 Å². The molecule has 0 aliphatic heterocycles. The Kier molecular flexibility index (Phi) is 10.6. The molecular formula is C71H50N2O3. The maximum atomic E-state index is 7.28. The highest BCUT2D eigenvalue weighted by atomic mass is 16.3. The first-order valence-corrected chi connectivity index (χ1v) is 25.9. The minimum absolute atomic E-state index is 0.783. The first-order valence-electron chi connectivity index (χ1n) is 25.9. The summed E-state index contributed by atoms with van der Waals surface area (Å²) in [6.45, 7) is 10.3. The zero-order valence-corrected chi connectivity index (χ0v) is 42.3. The minimum atomic E-state index is 0.783. The molecule has 0 aliphatic carbocycles. The summed E-state index contributed by atoms with van der Waals surface area (Å²) >= 11 is 0. The number of hydrogen-bond donors (Lipinski definition) is 0. The summed E-state index contributed by atoms with van der Waals surface area (Å²) in [7, 11) is 0. The topological polar surface area (TPSA) is 45.9 Å². The molecule has 11 aromatic carbocycles. The second kappa shape index (κ2) is 18.0. The molecular weight excluding hydrogens is 929 g/mol. The SMILES string of the molecule is C=C/C=C\C(C)=C(/C)c1cccc2c1oc1c(N(c3ccccc3)c3cc4c(oc5cc(N(c6ccccc6)c6cccc7c6oc6c(-c8ccccc8C)cccc67)c6ccccc6c54)c4ccccc34)cccc12. The van der Waals surface area contributed by atoms with Crippen molar-refractivity contribution in [3.8, 4) is 11.1 Å². The minimum Gasteiger partial charge on any atom is -0.455 e. The number of nitrogens with zero attached hydrogens (tertiary/aromatic N) is 2. The van der Waals surface area contributed by atoms with Crippen LogP contribution in [0.25, 0.3) is 104 Å². The highest BCUT2D eigenvalue weighted by molar-refractivity contribution is 6.28. The maximum Gasteiger partial charge on any atom is 0.159 e. The lowest BCUT2D eigenvalue weighted by Gasteiger charge is -2.27. The van der Waals surface area contributed by atoms with Gasteiger partial charge in [-0.15, -0.1) is 0 Å². The van der Waals surface area contributed by atoms with E-state index in [-0.39, 0.29) is 0 Å². The van der Waals surface area contributed by atoms with Crippen LogP contribution in [0.15, 0.2) is 262 Å². The number of fused-ring (bicyclic) bond motifs is 13. The molecule has 0 bridgehead atoms. The number of rotatable bonds is 10. The monoisotopic (exact) mass is 978 g/mol. The summed E-state index contributed by atoms with van der Waals surface area (Å²) in [5.41, 5.74) is 17.6. The molecule has 362 valence electrons. The van der Waals surface area contributed by atoms with Crippen molar-refractivity contribution in [2.24, 2.45) is 0 Å². The highest BCUT2D eigenvalue weighted by Crippen LogP contribution is 2.52. The molecule has 14 rings (SSSR count). The molecule has 0 unspecified atom stereocenters. The number of allylic oxidation sites excluding steroid dienone is 5. The molecule has 5 heteroatoms. The van der Waals surface area contributed by atoms with Crippen LogP contribution >= 0.6 is 0 Å². The van der Waals surface area contributed by atoms with Crippen LogP contribution in [0.2, 0.25) is 0 Å². The number of hydrogen-bond acceptors (Lipinski definition) is 5. The van der Waals surface area contributed by atoms with Gasteiger partial charge in [0, 0.05) is 77.0 Å². The third kappa shape index (κ3) is 7.00. The van der Waals surface area contributed by atoms with Gasteiger partial charge in [0.15, 0.2) is 11.2 Å². The molecule has 76 heavy (non-hydrogen) atoms. The van der Waals surface area contributed by atoms with Crippen LogP contribution < -0.4 is 9.80 Å². The van der Waals surface area contributed by atoms with Crippen molar-refractivity contribution >= 4 is 127 Å². The van der Waals surface area contributed by atoms with Gasteiger partial charge >= 0.3 is 0 Å². The third-order valence-corrected chi connectivity index (χ3v) is 15.4. The van der Waals surface area contributed by atoms with E-state index in [4.69, 9.17) is 13.3 Å². The summed E-state index contributed by atoms with van der Waals surface area (Å²) in [5.74, 6) is 0. The molecule has 0 radical (unpaired) electrons. The van der Waals surface area contributed by atoms with E-state index in [0.717, 1.165) is 149 Å². The fourth-order valence-electron chi connectivity index (χ4n) is 11.7. The molecule has 0 N–H and O–H groups in total.